The fourth-order valence-corrected chi connectivity index (χ4v) is 4.52. The van der Waals surface area contributed by atoms with Crippen LogP contribution in [0.3, 0.4) is 0 Å². The minimum Gasteiger partial charge on any atom is -0.335 e. The number of amides is 1. The number of likely N-dealkylation sites (N-methyl/N-ethyl adjacent to an activating group) is 1. The Morgan fingerprint density at radius 1 is 1.07 bits per heavy atom. The maximum absolute atomic E-state index is 12.8. The van der Waals surface area contributed by atoms with E-state index in [0.717, 1.165) is 31.7 Å². The van der Waals surface area contributed by atoms with Crippen LogP contribution in [0.5, 0.6) is 0 Å². The number of sulfonamides is 1. The van der Waals surface area contributed by atoms with E-state index in [1.54, 1.807) is 43.3 Å². The molecule has 150 valence electrons. The molecule has 1 aliphatic heterocycles. The Hall–Kier alpha value is -2.42. The molecule has 1 amide bonds. The molecule has 1 fully saturated rings. The Balaban J connectivity index is 1.74. The topological polar surface area (TPSA) is 82.9 Å². The molecule has 1 aliphatic rings. The number of piperazine rings is 1. The van der Waals surface area contributed by atoms with Crippen molar-refractivity contribution >= 4 is 21.6 Å². The van der Waals surface area contributed by atoms with Crippen LogP contribution < -0.4 is 15.0 Å². The summed E-state index contributed by atoms with van der Waals surface area (Å²) in [5.41, 5.74) is 5.20. The predicted octanol–water partition coefficient (Wildman–Crippen LogP) is 0.579. The van der Waals surface area contributed by atoms with Crippen molar-refractivity contribution in [2.24, 2.45) is 0 Å². The van der Waals surface area contributed by atoms with E-state index in [2.05, 4.69) is 17.2 Å². The molecule has 0 bridgehead atoms. The van der Waals surface area contributed by atoms with Gasteiger partial charge in [0.05, 0.1) is 38.1 Å². The van der Waals surface area contributed by atoms with Crippen LogP contribution in [0.15, 0.2) is 47.4 Å². The SMILES string of the molecule is Cc1ccc(C)c(S(=O)(=O)Nc2cccc(C(=O)NN3CC[NH+](C)CC3)c2)c1. The number of nitrogens with one attached hydrogen (secondary N) is 3. The number of hydrogen-bond acceptors (Lipinski definition) is 4. The highest BCUT2D eigenvalue weighted by Crippen LogP contribution is 2.21. The number of benzene rings is 2. The van der Waals surface area contributed by atoms with Gasteiger partial charge in [0.2, 0.25) is 0 Å². The lowest BCUT2D eigenvalue weighted by atomic mass is 10.2. The highest BCUT2D eigenvalue weighted by molar-refractivity contribution is 7.92. The lowest BCUT2D eigenvalue weighted by Crippen LogP contribution is -3.12. The maximum Gasteiger partial charge on any atom is 0.265 e. The van der Waals surface area contributed by atoms with E-state index in [1.165, 1.54) is 4.90 Å². The molecular formula is C20H27N4O3S+. The molecule has 0 aromatic heterocycles. The normalized spacial score (nSPS) is 16.0. The molecule has 2 aromatic rings. The summed E-state index contributed by atoms with van der Waals surface area (Å²) >= 11 is 0. The molecule has 0 saturated carbocycles. The molecular weight excluding hydrogens is 376 g/mol. The summed E-state index contributed by atoms with van der Waals surface area (Å²) in [4.78, 5) is 14.2. The number of carbonyl (C=O) groups is 1. The van der Waals surface area contributed by atoms with E-state index in [-0.39, 0.29) is 10.8 Å². The summed E-state index contributed by atoms with van der Waals surface area (Å²) in [6.07, 6.45) is 0. The minimum atomic E-state index is -3.74. The fraction of sp³-hybridized carbons (Fsp3) is 0.350. The maximum atomic E-state index is 12.8. The van der Waals surface area contributed by atoms with Gasteiger partial charge < -0.3 is 4.90 Å². The van der Waals surface area contributed by atoms with Gasteiger partial charge in [0.1, 0.15) is 0 Å². The summed E-state index contributed by atoms with van der Waals surface area (Å²) in [6.45, 7) is 7.12. The van der Waals surface area contributed by atoms with Crippen LogP contribution >= 0.6 is 0 Å². The van der Waals surface area contributed by atoms with Crippen molar-refractivity contribution < 1.29 is 18.1 Å². The van der Waals surface area contributed by atoms with Crippen LogP contribution in [0.4, 0.5) is 5.69 Å². The van der Waals surface area contributed by atoms with Crippen molar-refractivity contribution in [1.82, 2.24) is 10.4 Å². The van der Waals surface area contributed by atoms with Gasteiger partial charge in [-0.05, 0) is 49.2 Å². The molecule has 2 aromatic carbocycles. The lowest BCUT2D eigenvalue weighted by molar-refractivity contribution is -0.884. The number of anilines is 1. The van der Waals surface area contributed by atoms with Crippen molar-refractivity contribution in [3.05, 3.63) is 59.2 Å². The van der Waals surface area contributed by atoms with Crippen LogP contribution in [-0.4, -0.2) is 52.6 Å². The first-order valence-electron chi connectivity index (χ1n) is 9.32. The summed E-state index contributed by atoms with van der Waals surface area (Å²) in [5.74, 6) is -0.243. The van der Waals surface area contributed by atoms with Crippen LogP contribution in [-0.2, 0) is 10.0 Å². The summed E-state index contributed by atoms with van der Waals surface area (Å²) in [7, 11) is -1.61. The number of hydrogen-bond donors (Lipinski definition) is 3. The van der Waals surface area contributed by atoms with Gasteiger partial charge in [-0.1, -0.05) is 18.2 Å². The fourth-order valence-electron chi connectivity index (χ4n) is 3.14. The van der Waals surface area contributed by atoms with Crippen LogP contribution in [0, 0.1) is 13.8 Å². The molecule has 1 heterocycles. The van der Waals surface area contributed by atoms with Gasteiger partial charge in [-0.3, -0.25) is 14.9 Å². The third-order valence-electron chi connectivity index (χ3n) is 4.89. The Kier molecular flexibility index (Phi) is 6.02. The van der Waals surface area contributed by atoms with E-state index < -0.39 is 10.0 Å². The van der Waals surface area contributed by atoms with Gasteiger partial charge in [0.15, 0.2) is 0 Å². The van der Waals surface area contributed by atoms with Crippen molar-refractivity contribution in [3.63, 3.8) is 0 Å². The average molecular weight is 404 g/mol. The number of hydrazine groups is 1. The van der Waals surface area contributed by atoms with Crippen molar-refractivity contribution in [3.8, 4) is 0 Å². The van der Waals surface area contributed by atoms with Gasteiger partial charge >= 0.3 is 0 Å². The summed E-state index contributed by atoms with van der Waals surface area (Å²) in [6, 6.07) is 11.8. The molecule has 0 spiro atoms. The average Bonchev–Trinajstić information content (AvgIpc) is 2.65. The largest absolute Gasteiger partial charge is 0.335 e. The molecule has 0 radical (unpaired) electrons. The third-order valence-corrected chi connectivity index (χ3v) is 6.41. The second-order valence-electron chi connectivity index (χ2n) is 7.34. The molecule has 0 aliphatic carbocycles. The standard InChI is InChI=1S/C20H26N4O3S/c1-15-7-8-16(2)19(13-15)28(26,27)22-18-6-4-5-17(14-18)20(25)21-24-11-9-23(3)10-12-24/h4-8,13-14,22H,9-12H2,1-3H3,(H,21,25)/p+1. The van der Waals surface area contributed by atoms with Gasteiger partial charge in [-0.25, -0.2) is 13.4 Å². The van der Waals surface area contributed by atoms with E-state index in [4.69, 9.17) is 0 Å². The van der Waals surface area contributed by atoms with E-state index >= 15 is 0 Å². The van der Waals surface area contributed by atoms with E-state index in [1.807, 2.05) is 18.0 Å². The number of carbonyl (C=O) groups excluding carboxylic acids is 1. The Labute approximate surface area is 166 Å². The minimum absolute atomic E-state index is 0.238. The van der Waals surface area contributed by atoms with Gasteiger partial charge in [-0.2, -0.15) is 0 Å². The second kappa shape index (κ2) is 8.30. The molecule has 0 unspecified atom stereocenters. The van der Waals surface area contributed by atoms with Crippen LogP contribution in [0.1, 0.15) is 21.5 Å². The van der Waals surface area contributed by atoms with Gasteiger partial charge in [-0.15, -0.1) is 0 Å². The second-order valence-corrected chi connectivity index (χ2v) is 8.99. The van der Waals surface area contributed by atoms with E-state index in [0.29, 0.717) is 16.8 Å². The van der Waals surface area contributed by atoms with Gasteiger partial charge in [0.25, 0.3) is 15.9 Å². The quantitative estimate of drug-likeness (QED) is 0.682. The van der Waals surface area contributed by atoms with Crippen LogP contribution in [0.25, 0.3) is 0 Å². The molecule has 3 rings (SSSR count). The Morgan fingerprint density at radius 3 is 2.50 bits per heavy atom. The third kappa shape index (κ3) is 4.89. The lowest BCUT2D eigenvalue weighted by Gasteiger charge is -2.30. The smallest absolute Gasteiger partial charge is 0.265 e. The number of quaternary nitrogens is 1. The molecule has 1 saturated heterocycles. The highest BCUT2D eigenvalue weighted by Gasteiger charge is 2.20. The zero-order valence-electron chi connectivity index (χ0n) is 16.5. The zero-order valence-corrected chi connectivity index (χ0v) is 17.3. The molecule has 8 heteroatoms. The van der Waals surface area contributed by atoms with E-state index in [9.17, 15) is 13.2 Å². The summed E-state index contributed by atoms with van der Waals surface area (Å²) in [5, 5.41) is 1.91. The molecule has 0 atom stereocenters. The molecule has 28 heavy (non-hydrogen) atoms. The first kappa shape index (κ1) is 20.3. The monoisotopic (exact) mass is 403 g/mol. The number of nitrogens with zero attached hydrogens (tertiary/aromatic N) is 1. The molecule has 7 nitrogen and oxygen atoms in total. The number of aryl methyl sites for hydroxylation is 2. The first-order valence-corrected chi connectivity index (χ1v) is 10.8. The van der Waals surface area contributed by atoms with Gasteiger partial charge in [0, 0.05) is 11.3 Å². The highest BCUT2D eigenvalue weighted by atomic mass is 32.2. The Morgan fingerprint density at radius 2 is 1.79 bits per heavy atom. The zero-order chi connectivity index (χ0) is 20.3. The first-order chi connectivity index (χ1) is 13.2. The molecule has 3 N–H and O–H groups in total. The predicted molar refractivity (Wildman–Crippen MR) is 109 cm³/mol. The summed E-state index contributed by atoms with van der Waals surface area (Å²) < 4.78 is 28.1. The van der Waals surface area contributed by atoms with Crippen molar-refractivity contribution in [1.29, 1.82) is 0 Å². The van der Waals surface area contributed by atoms with Crippen molar-refractivity contribution in [2.75, 3.05) is 37.9 Å². The van der Waals surface area contributed by atoms with Crippen molar-refractivity contribution in [2.45, 2.75) is 18.7 Å². The Bertz CT molecular complexity index is 967. The number of rotatable bonds is 5. The van der Waals surface area contributed by atoms with Crippen LogP contribution in [0.2, 0.25) is 0 Å².